The Labute approximate surface area is 155 Å². The summed E-state index contributed by atoms with van der Waals surface area (Å²) in [4.78, 5) is 14.6. The van der Waals surface area contributed by atoms with E-state index in [1.54, 1.807) is 6.08 Å². The maximum atomic E-state index is 12.8. The molecule has 0 aromatic heterocycles. The number of amides is 1. The second-order valence-electron chi connectivity index (χ2n) is 7.04. The van der Waals surface area contributed by atoms with Crippen LogP contribution in [0.1, 0.15) is 41.9 Å². The topological polar surface area (TPSA) is 44.1 Å². The van der Waals surface area contributed by atoms with Crippen LogP contribution in [0.5, 0.6) is 0 Å². The van der Waals surface area contributed by atoms with E-state index in [2.05, 4.69) is 42.5 Å². The largest absolute Gasteiger partial charge is 0.337 e. The molecule has 0 saturated carbocycles. The molecule has 1 aliphatic heterocycles. The molecule has 0 bridgehead atoms. The summed E-state index contributed by atoms with van der Waals surface area (Å²) in [6.07, 6.45) is 2.74. The molecule has 26 heavy (non-hydrogen) atoms. The summed E-state index contributed by atoms with van der Waals surface area (Å²) in [6.45, 7) is 5.45. The molecule has 0 radical (unpaired) electrons. The Balaban J connectivity index is 1.71. The number of allylic oxidation sites excluding steroid dienone is 1. The number of hydrogen-bond donors (Lipinski definition) is 0. The summed E-state index contributed by atoms with van der Waals surface area (Å²) in [5.74, 6) is 0.237. The molecule has 3 heteroatoms. The van der Waals surface area contributed by atoms with Crippen molar-refractivity contribution in [3.8, 4) is 6.07 Å². The minimum Gasteiger partial charge on any atom is -0.337 e. The normalized spacial score (nSPS) is 18.4. The fourth-order valence-corrected chi connectivity index (χ4v) is 3.48. The lowest BCUT2D eigenvalue weighted by molar-refractivity contribution is -0.125. The monoisotopic (exact) mass is 344 g/mol. The van der Waals surface area contributed by atoms with Gasteiger partial charge in [0.25, 0.3) is 5.91 Å². The number of nitriles is 1. The van der Waals surface area contributed by atoms with Crippen molar-refractivity contribution in [2.24, 2.45) is 0 Å². The van der Waals surface area contributed by atoms with Gasteiger partial charge in [0, 0.05) is 24.9 Å². The Hall–Kier alpha value is -2.86. The van der Waals surface area contributed by atoms with Crippen molar-refractivity contribution in [1.29, 1.82) is 5.26 Å². The van der Waals surface area contributed by atoms with Gasteiger partial charge in [-0.2, -0.15) is 5.26 Å². The second kappa shape index (κ2) is 8.01. The number of likely N-dealkylation sites (tertiary alicyclic amines) is 1. The quantitative estimate of drug-likeness (QED) is 0.602. The molecule has 0 spiro atoms. The zero-order chi connectivity index (χ0) is 18.5. The van der Waals surface area contributed by atoms with Crippen molar-refractivity contribution < 1.29 is 4.79 Å². The highest BCUT2D eigenvalue weighted by Gasteiger charge is 2.29. The lowest BCUT2D eigenvalue weighted by atomic mass is 9.97. The van der Waals surface area contributed by atoms with Gasteiger partial charge in [-0.1, -0.05) is 73.2 Å². The smallest absolute Gasteiger partial charge is 0.264 e. The maximum absolute atomic E-state index is 12.8. The molecule has 2 aromatic carbocycles. The van der Waals surface area contributed by atoms with Crippen LogP contribution in [0, 0.1) is 18.3 Å². The molecular formula is C23H24N2O. The van der Waals surface area contributed by atoms with Gasteiger partial charge in [-0.15, -0.1) is 0 Å². The van der Waals surface area contributed by atoms with Crippen LogP contribution in [0.15, 0.2) is 66.2 Å². The van der Waals surface area contributed by atoms with Gasteiger partial charge in [0.2, 0.25) is 0 Å². The molecule has 3 nitrogen and oxygen atoms in total. The van der Waals surface area contributed by atoms with Crippen molar-refractivity contribution in [3.63, 3.8) is 0 Å². The van der Waals surface area contributed by atoms with E-state index in [0.29, 0.717) is 19.0 Å². The summed E-state index contributed by atoms with van der Waals surface area (Å²) in [5, 5.41) is 9.51. The van der Waals surface area contributed by atoms with E-state index in [1.165, 1.54) is 11.1 Å². The molecule has 0 N–H and O–H groups in total. The molecule has 2 atom stereocenters. The number of rotatable bonds is 4. The van der Waals surface area contributed by atoms with Gasteiger partial charge in [0.1, 0.15) is 11.6 Å². The van der Waals surface area contributed by atoms with Gasteiger partial charge in [-0.25, -0.2) is 0 Å². The van der Waals surface area contributed by atoms with Crippen molar-refractivity contribution >= 4 is 5.91 Å². The number of benzene rings is 2. The molecule has 1 heterocycles. The number of hydrogen-bond acceptors (Lipinski definition) is 2. The first-order valence-corrected chi connectivity index (χ1v) is 9.11. The summed E-state index contributed by atoms with van der Waals surface area (Å²) in [7, 11) is 0. The highest BCUT2D eigenvalue weighted by atomic mass is 16.2. The summed E-state index contributed by atoms with van der Waals surface area (Å²) < 4.78 is 0. The molecule has 1 fully saturated rings. The highest BCUT2D eigenvalue weighted by molar-refractivity contribution is 5.97. The number of nitrogens with zero attached hydrogens (tertiary/aromatic N) is 2. The molecule has 2 aromatic rings. The number of carbonyl (C=O) groups excluding carboxylic acids is 1. The lowest BCUT2D eigenvalue weighted by Crippen LogP contribution is -2.29. The first kappa shape index (κ1) is 17.9. The third-order valence-corrected chi connectivity index (χ3v) is 5.12. The fraction of sp³-hybridized carbons (Fsp3) is 0.304. The zero-order valence-electron chi connectivity index (χ0n) is 15.4. The Morgan fingerprint density at radius 1 is 1.19 bits per heavy atom. The lowest BCUT2D eigenvalue weighted by Gasteiger charge is -2.17. The molecule has 1 saturated heterocycles. The molecule has 132 valence electrons. The minimum absolute atomic E-state index is 0.0294. The molecule has 0 aliphatic carbocycles. The van der Waals surface area contributed by atoms with Crippen LogP contribution in [0.4, 0.5) is 0 Å². The predicted octanol–water partition coefficient (Wildman–Crippen LogP) is 4.56. The van der Waals surface area contributed by atoms with Crippen molar-refractivity contribution in [2.75, 3.05) is 13.1 Å². The fourth-order valence-electron chi connectivity index (χ4n) is 3.48. The SMILES string of the molecule is Cc1ccc(C(C)/C=C(\C#N)C(=O)N2CCC(c3ccccc3)C2)cc1. The minimum atomic E-state index is -0.148. The van der Waals surface area contributed by atoms with Gasteiger partial charge in [0.05, 0.1) is 0 Å². The average molecular weight is 344 g/mol. The third-order valence-electron chi connectivity index (χ3n) is 5.12. The van der Waals surface area contributed by atoms with E-state index in [0.717, 1.165) is 12.0 Å². The van der Waals surface area contributed by atoms with Crippen molar-refractivity contribution in [1.82, 2.24) is 4.90 Å². The molecule has 1 amide bonds. The van der Waals surface area contributed by atoms with Gasteiger partial charge in [-0.3, -0.25) is 4.79 Å². The Bertz CT molecular complexity index is 831. The standard InChI is InChI=1S/C23H24N2O/c1-17-8-10-19(11-9-17)18(2)14-22(15-24)23(26)25-13-12-21(16-25)20-6-4-3-5-7-20/h3-11,14,18,21H,12-13,16H2,1-2H3/b22-14+. The van der Waals surface area contributed by atoms with Crippen molar-refractivity contribution in [3.05, 3.63) is 82.9 Å². The Morgan fingerprint density at radius 2 is 1.88 bits per heavy atom. The number of carbonyl (C=O) groups is 1. The van der Waals surface area contributed by atoms with Crippen LogP contribution in [0.2, 0.25) is 0 Å². The summed E-state index contributed by atoms with van der Waals surface area (Å²) in [5.41, 5.74) is 3.82. The van der Waals surface area contributed by atoms with E-state index in [-0.39, 0.29) is 17.4 Å². The first-order valence-electron chi connectivity index (χ1n) is 9.11. The van der Waals surface area contributed by atoms with E-state index in [1.807, 2.05) is 36.9 Å². The van der Waals surface area contributed by atoms with E-state index >= 15 is 0 Å². The zero-order valence-corrected chi connectivity index (χ0v) is 15.4. The second-order valence-corrected chi connectivity index (χ2v) is 7.04. The molecular weight excluding hydrogens is 320 g/mol. The highest BCUT2D eigenvalue weighted by Crippen LogP contribution is 2.28. The average Bonchev–Trinajstić information content (AvgIpc) is 3.17. The van der Waals surface area contributed by atoms with E-state index in [4.69, 9.17) is 0 Å². The molecule has 1 aliphatic rings. The van der Waals surface area contributed by atoms with E-state index < -0.39 is 0 Å². The maximum Gasteiger partial charge on any atom is 0.264 e. The van der Waals surface area contributed by atoms with Crippen LogP contribution in [-0.4, -0.2) is 23.9 Å². The van der Waals surface area contributed by atoms with Crippen LogP contribution >= 0.6 is 0 Å². The number of aryl methyl sites for hydroxylation is 1. The first-order chi connectivity index (χ1) is 12.6. The van der Waals surface area contributed by atoms with Gasteiger partial charge in [0.15, 0.2) is 0 Å². The van der Waals surface area contributed by atoms with Crippen LogP contribution in [-0.2, 0) is 4.79 Å². The Morgan fingerprint density at radius 3 is 2.54 bits per heavy atom. The third kappa shape index (κ3) is 4.03. The summed E-state index contributed by atoms with van der Waals surface area (Å²) in [6, 6.07) is 20.6. The summed E-state index contributed by atoms with van der Waals surface area (Å²) >= 11 is 0. The van der Waals surface area contributed by atoms with Crippen LogP contribution in [0.3, 0.4) is 0 Å². The van der Waals surface area contributed by atoms with Gasteiger partial charge < -0.3 is 4.90 Å². The van der Waals surface area contributed by atoms with Crippen LogP contribution < -0.4 is 0 Å². The molecule has 3 rings (SSSR count). The molecule has 2 unspecified atom stereocenters. The van der Waals surface area contributed by atoms with E-state index in [9.17, 15) is 10.1 Å². The Kier molecular flexibility index (Phi) is 5.53. The van der Waals surface area contributed by atoms with Gasteiger partial charge >= 0.3 is 0 Å². The van der Waals surface area contributed by atoms with Crippen LogP contribution in [0.25, 0.3) is 0 Å². The van der Waals surface area contributed by atoms with Crippen molar-refractivity contribution in [2.45, 2.75) is 32.1 Å². The predicted molar refractivity (Wildman–Crippen MR) is 104 cm³/mol. The van der Waals surface area contributed by atoms with Gasteiger partial charge in [-0.05, 0) is 24.5 Å².